The molecule has 3 aromatic heterocycles. The number of nitrogens with zero attached hydrogens (tertiary/aromatic N) is 6. The van der Waals surface area contributed by atoms with E-state index < -0.39 is 40.0 Å². The first-order chi connectivity index (χ1) is 43.2. The first-order valence-electron chi connectivity index (χ1n) is 28.2. The highest BCUT2D eigenvalue weighted by molar-refractivity contribution is 7.74. The summed E-state index contributed by atoms with van der Waals surface area (Å²) >= 11 is 0. The Bertz CT molecular complexity index is 4040. The monoisotopic (exact) mass is 1250 g/mol. The van der Waals surface area contributed by atoms with Gasteiger partial charge in [-0.15, -0.1) is 0 Å². The molecule has 9 aromatic rings. The Hall–Kier alpha value is -9.69. The van der Waals surface area contributed by atoms with Crippen LogP contribution in [0.3, 0.4) is 0 Å². The number of carbonyl (C=O) groups is 3. The zero-order valence-electron chi connectivity index (χ0n) is 48.1. The average Bonchev–Trinajstić information content (AvgIpc) is 2.69. The Labute approximate surface area is 519 Å². The lowest BCUT2D eigenvalue weighted by Crippen LogP contribution is -2.36. The lowest BCUT2D eigenvalue weighted by molar-refractivity contribution is 0.0686. The van der Waals surface area contributed by atoms with Gasteiger partial charge in [-0.2, -0.15) is 0 Å². The van der Waals surface area contributed by atoms with Crippen LogP contribution in [-0.4, -0.2) is 117 Å². The van der Waals surface area contributed by atoms with E-state index in [0.29, 0.717) is 89.7 Å². The summed E-state index contributed by atoms with van der Waals surface area (Å²) < 4.78 is 43.4. The Morgan fingerprint density at radius 1 is 0.333 bits per heavy atom. The number of rotatable bonds is 15. The SMILES string of the molecule is O=C(O)c1ccc(C#Cc2cc(CN3CCN(Cc4cc(C#Cc5ccc(C(=O)O)cc5)cc(P(=O)(O)c5ccccc5)n4)CCN(Cc4cc(C#Cc5ccc(C(=O)O)cc5)cc(P(=O)(O)c5ccccc5)n4)CC3)nc(P(=O)(O)c3ccccc3)c2)cc1. The number of aromatic carboxylic acids is 3. The van der Waals surface area contributed by atoms with E-state index in [0.717, 1.165) is 0 Å². The van der Waals surface area contributed by atoms with E-state index >= 15 is 0 Å². The van der Waals surface area contributed by atoms with Gasteiger partial charge in [0.15, 0.2) is 0 Å². The van der Waals surface area contributed by atoms with Crippen LogP contribution < -0.4 is 32.2 Å². The minimum Gasteiger partial charge on any atom is -0.478 e. The minimum atomic E-state index is -4.31. The van der Waals surface area contributed by atoms with Crippen LogP contribution in [0.4, 0.5) is 0 Å². The minimum absolute atomic E-state index is 0.0862. The molecule has 0 amide bonds. The number of carboxylic acids is 3. The molecule has 3 unspecified atom stereocenters. The summed E-state index contributed by atoms with van der Waals surface area (Å²) in [5, 5.41) is 28.9. The molecular weight excluding hydrogens is 1200 g/mol. The van der Waals surface area contributed by atoms with Crippen LogP contribution in [-0.2, 0) is 33.3 Å². The third kappa shape index (κ3) is 16.1. The zero-order chi connectivity index (χ0) is 63.4. The number of benzene rings is 6. The second kappa shape index (κ2) is 28.2. The van der Waals surface area contributed by atoms with Gasteiger partial charge in [0.25, 0.3) is 22.1 Å². The van der Waals surface area contributed by atoms with Crippen molar-refractivity contribution in [1.29, 1.82) is 0 Å². The van der Waals surface area contributed by atoms with Gasteiger partial charge in [-0.25, -0.2) is 29.3 Å². The van der Waals surface area contributed by atoms with E-state index in [1.54, 1.807) is 146 Å². The third-order valence-electron chi connectivity index (χ3n) is 14.6. The van der Waals surface area contributed by atoms with Crippen LogP contribution in [0.1, 0.15) is 81.5 Å². The van der Waals surface area contributed by atoms with Crippen molar-refractivity contribution in [1.82, 2.24) is 29.7 Å². The molecule has 0 bridgehead atoms. The van der Waals surface area contributed by atoms with Gasteiger partial charge in [-0.1, -0.05) is 90.1 Å². The fraction of sp³-hybridized carbons (Fsp3) is 0.130. The maximum Gasteiger partial charge on any atom is 0.335 e. The van der Waals surface area contributed by atoms with E-state index in [1.807, 2.05) is 0 Å². The van der Waals surface area contributed by atoms with Gasteiger partial charge < -0.3 is 30.0 Å². The summed E-state index contributed by atoms with van der Waals surface area (Å²) in [5.74, 6) is 15.2. The Morgan fingerprint density at radius 3 is 0.778 bits per heavy atom. The number of pyridine rings is 3. The molecule has 1 aliphatic heterocycles. The van der Waals surface area contributed by atoms with Crippen molar-refractivity contribution in [2.75, 3.05) is 39.3 Å². The summed E-state index contributed by atoms with van der Waals surface area (Å²) in [5.41, 5.74) is 3.92. The number of aromatic nitrogens is 3. The fourth-order valence-electron chi connectivity index (χ4n) is 9.80. The molecule has 6 aromatic carbocycles. The first kappa shape index (κ1) is 63.3. The predicted octanol–water partition coefficient (Wildman–Crippen LogP) is 6.65. The molecule has 10 rings (SSSR count). The smallest absolute Gasteiger partial charge is 0.335 e. The van der Waals surface area contributed by atoms with Crippen molar-refractivity contribution >= 4 is 72.2 Å². The lowest BCUT2D eigenvalue weighted by atomic mass is 10.1. The third-order valence-corrected chi connectivity index (χ3v) is 20.2. The Balaban J connectivity index is 1.03. The van der Waals surface area contributed by atoms with Crippen LogP contribution in [0.5, 0.6) is 0 Å². The number of carboxylic acid groups (broad SMARTS) is 3. The molecule has 1 aliphatic rings. The summed E-state index contributed by atoms with van der Waals surface area (Å²) in [6, 6.07) is 52.3. The second-order valence-electron chi connectivity index (χ2n) is 21.1. The van der Waals surface area contributed by atoms with Crippen LogP contribution in [0.25, 0.3) is 0 Å². The van der Waals surface area contributed by atoms with Gasteiger partial charge in [-0.05, 0) is 146 Å². The van der Waals surface area contributed by atoms with E-state index in [2.05, 4.69) is 50.2 Å². The van der Waals surface area contributed by atoms with Gasteiger partial charge in [0, 0.05) is 108 Å². The highest BCUT2D eigenvalue weighted by Crippen LogP contribution is 2.40. The fourth-order valence-corrected chi connectivity index (χ4v) is 14.1. The standard InChI is InChI=1S/C69H57N6O12P3/c76-67(77)55-28-22-49(23-29-55)16-19-52-40-58(70-64(43-52)88(82,83)61-10-4-1-5-11-61)46-73-34-36-74(47-59-41-53(20-17-50-24-30-56(31-25-50)68(78)79)44-65(71-59)89(84,85)62-12-6-2-7-13-62)38-39-75(37-35-73)48-60-42-54(21-18-51-26-32-57(33-27-51)69(80)81)45-66(72-60)90(86,87)63-14-8-3-9-15-63/h1-15,22-33,40-45H,34-39,46-48H2,(H,76,77)(H,78,79)(H,80,81)(H,82,83)(H,84,85)(H,86,87). The molecule has 0 aliphatic carbocycles. The summed E-state index contributed by atoms with van der Waals surface area (Å²) in [7, 11) is -12.9. The highest BCUT2D eigenvalue weighted by Gasteiger charge is 2.31. The van der Waals surface area contributed by atoms with Crippen LogP contribution in [0.15, 0.2) is 200 Å². The molecule has 1 fully saturated rings. The molecule has 450 valence electrons. The molecule has 0 spiro atoms. The summed E-state index contributed by atoms with van der Waals surface area (Å²) in [4.78, 5) is 91.2. The van der Waals surface area contributed by atoms with Crippen LogP contribution >= 0.6 is 22.1 Å². The largest absolute Gasteiger partial charge is 0.478 e. The second-order valence-corrected chi connectivity index (χ2v) is 27.5. The van der Waals surface area contributed by atoms with E-state index in [-0.39, 0.29) is 68.5 Å². The predicted molar refractivity (Wildman–Crippen MR) is 343 cm³/mol. The first-order valence-corrected chi connectivity index (χ1v) is 33.2. The molecule has 21 heteroatoms. The molecule has 3 atom stereocenters. The van der Waals surface area contributed by atoms with Crippen molar-refractivity contribution in [2.24, 2.45) is 0 Å². The molecule has 0 saturated carbocycles. The number of hydrogen-bond acceptors (Lipinski definition) is 12. The quantitative estimate of drug-likeness (QED) is 0.0463. The maximum absolute atomic E-state index is 14.5. The van der Waals surface area contributed by atoms with Crippen molar-refractivity contribution in [2.45, 2.75) is 19.6 Å². The van der Waals surface area contributed by atoms with Gasteiger partial charge in [0.05, 0.1) is 33.8 Å². The van der Waals surface area contributed by atoms with Crippen molar-refractivity contribution < 1.29 is 58.1 Å². The normalized spacial score (nSPS) is 15.0. The summed E-state index contributed by atoms with van der Waals surface area (Å²) in [6.45, 7) is 2.88. The van der Waals surface area contributed by atoms with Gasteiger partial charge in [0.1, 0.15) is 16.3 Å². The van der Waals surface area contributed by atoms with Crippen molar-refractivity contribution in [3.05, 3.63) is 267 Å². The van der Waals surface area contributed by atoms with Gasteiger partial charge in [0.2, 0.25) is 0 Å². The molecule has 1 saturated heterocycles. The van der Waals surface area contributed by atoms with Gasteiger partial charge in [-0.3, -0.25) is 28.4 Å². The van der Waals surface area contributed by atoms with E-state index in [9.17, 15) is 58.1 Å². The molecule has 90 heavy (non-hydrogen) atoms. The topological polar surface area (TPSA) is 272 Å². The number of hydrogen-bond donors (Lipinski definition) is 6. The zero-order valence-corrected chi connectivity index (χ0v) is 50.8. The molecule has 18 nitrogen and oxygen atoms in total. The average molecular weight is 1260 g/mol. The van der Waals surface area contributed by atoms with Crippen molar-refractivity contribution in [3.8, 4) is 35.5 Å². The lowest BCUT2D eigenvalue weighted by Gasteiger charge is -2.26. The highest BCUT2D eigenvalue weighted by atomic mass is 31.2. The molecular formula is C69H57N6O12P3. The maximum atomic E-state index is 14.5. The molecule has 0 radical (unpaired) electrons. The Morgan fingerprint density at radius 2 is 0.556 bits per heavy atom. The molecule has 6 N–H and O–H groups in total. The van der Waals surface area contributed by atoms with Crippen LogP contribution in [0, 0.1) is 35.5 Å². The van der Waals surface area contributed by atoms with Crippen LogP contribution in [0.2, 0.25) is 0 Å². The Kier molecular flexibility index (Phi) is 19.8. The van der Waals surface area contributed by atoms with E-state index in [1.165, 1.54) is 54.6 Å². The summed E-state index contributed by atoms with van der Waals surface area (Å²) in [6.07, 6.45) is 0. The van der Waals surface area contributed by atoms with E-state index in [4.69, 9.17) is 15.0 Å². The van der Waals surface area contributed by atoms with Gasteiger partial charge >= 0.3 is 17.9 Å². The molecule has 4 heterocycles. The van der Waals surface area contributed by atoms with Crippen molar-refractivity contribution in [3.63, 3.8) is 0 Å².